The van der Waals surface area contributed by atoms with Crippen LogP contribution in [0.3, 0.4) is 0 Å². The quantitative estimate of drug-likeness (QED) is 0.657. The van der Waals surface area contributed by atoms with Crippen LogP contribution >= 0.6 is 0 Å². The Morgan fingerprint density at radius 2 is 1.50 bits per heavy atom. The average molecular weight is 254 g/mol. The molecule has 12 heavy (non-hydrogen) atoms. The third kappa shape index (κ3) is 1.19. The summed E-state index contributed by atoms with van der Waals surface area (Å²) in [6, 6.07) is 0. The van der Waals surface area contributed by atoms with E-state index in [1.807, 2.05) is 0 Å². The number of hydrogen-bond acceptors (Lipinski definition) is 1. The Morgan fingerprint density at radius 3 is 1.83 bits per heavy atom. The van der Waals surface area contributed by atoms with Crippen molar-refractivity contribution in [1.29, 1.82) is 0 Å². The van der Waals surface area contributed by atoms with Crippen LogP contribution in [-0.4, -0.2) is 5.78 Å². The van der Waals surface area contributed by atoms with Crippen LogP contribution in [-0.2, 0) is 23.1 Å². The van der Waals surface area contributed by atoms with Crippen molar-refractivity contribution in [3.8, 4) is 0 Å². The number of ketones is 1. The van der Waals surface area contributed by atoms with Crippen molar-refractivity contribution >= 4 is 5.78 Å². The van der Waals surface area contributed by atoms with Gasteiger partial charge in [-0.3, -0.25) is 0 Å². The van der Waals surface area contributed by atoms with Crippen LogP contribution in [0, 0.1) is 5.41 Å². The fourth-order valence-electron chi connectivity index (χ4n) is 2.65. The summed E-state index contributed by atoms with van der Waals surface area (Å²) < 4.78 is 0.484. The predicted molar refractivity (Wildman–Crippen MR) is 43.5 cm³/mol. The summed E-state index contributed by atoms with van der Waals surface area (Å²) in [5.41, 5.74) is 0.105. The van der Waals surface area contributed by atoms with Gasteiger partial charge in [0.15, 0.2) is 0 Å². The van der Waals surface area contributed by atoms with E-state index in [0.29, 0.717) is 9.79 Å². The van der Waals surface area contributed by atoms with Gasteiger partial charge in [-0.1, -0.05) is 0 Å². The molecular formula is C10H15ORh. The van der Waals surface area contributed by atoms with Gasteiger partial charge in [-0.2, -0.15) is 0 Å². The first-order valence-electron chi connectivity index (χ1n) is 4.74. The molecule has 0 amide bonds. The maximum atomic E-state index is 11.5. The summed E-state index contributed by atoms with van der Waals surface area (Å²) in [6.45, 7) is 1.78. The van der Waals surface area contributed by atoms with E-state index in [1.165, 1.54) is 19.3 Å². The van der Waals surface area contributed by atoms with Crippen LogP contribution in [0.15, 0.2) is 0 Å². The second kappa shape index (κ2) is 2.64. The molecule has 0 N–H and O–H groups in total. The van der Waals surface area contributed by atoms with Gasteiger partial charge in [-0.15, -0.1) is 0 Å². The van der Waals surface area contributed by atoms with Crippen molar-refractivity contribution < 1.29 is 23.1 Å². The molecule has 3 aliphatic rings. The van der Waals surface area contributed by atoms with E-state index >= 15 is 0 Å². The van der Waals surface area contributed by atoms with E-state index < -0.39 is 0 Å². The van der Waals surface area contributed by atoms with E-state index in [0.717, 1.165) is 19.3 Å². The molecular weight excluding hydrogens is 239 g/mol. The van der Waals surface area contributed by atoms with E-state index in [1.54, 1.807) is 6.92 Å². The first-order valence-corrected chi connectivity index (χ1v) is 5.56. The Balaban J connectivity index is 2.20. The Kier molecular flexibility index (Phi) is 1.95. The molecule has 3 fully saturated rings. The average Bonchev–Trinajstić information content (AvgIpc) is 2.06. The van der Waals surface area contributed by atoms with Gasteiger partial charge in [0, 0.05) is 0 Å². The van der Waals surface area contributed by atoms with Crippen molar-refractivity contribution in [1.82, 2.24) is 0 Å². The zero-order chi connectivity index (χ0) is 8.82. The van der Waals surface area contributed by atoms with Crippen LogP contribution in [0.1, 0.15) is 45.4 Å². The SMILES string of the molecule is CC(=O)C12CC[C]([Rh])(CC1)CC2. The van der Waals surface area contributed by atoms with Gasteiger partial charge >= 0.3 is 83.8 Å². The number of hydrogen-bond donors (Lipinski definition) is 0. The van der Waals surface area contributed by atoms with Gasteiger partial charge in [0.05, 0.1) is 0 Å². The Hall–Kier alpha value is 0.293. The Morgan fingerprint density at radius 1 is 1.08 bits per heavy atom. The molecule has 0 aliphatic heterocycles. The second-order valence-electron chi connectivity index (χ2n) is 4.44. The van der Waals surface area contributed by atoms with E-state index in [4.69, 9.17) is 0 Å². The second-order valence-corrected chi connectivity index (χ2v) is 6.18. The summed E-state index contributed by atoms with van der Waals surface area (Å²) in [5.74, 6) is 0.436. The Labute approximate surface area is 84.0 Å². The third-order valence-electron chi connectivity index (χ3n) is 3.87. The topological polar surface area (TPSA) is 17.1 Å². The summed E-state index contributed by atoms with van der Waals surface area (Å²) in [4.78, 5) is 11.5. The molecule has 0 spiro atoms. The van der Waals surface area contributed by atoms with Gasteiger partial charge in [-0.25, -0.2) is 0 Å². The monoisotopic (exact) mass is 254 g/mol. The van der Waals surface area contributed by atoms with Crippen LogP contribution in [0.25, 0.3) is 0 Å². The van der Waals surface area contributed by atoms with Gasteiger partial charge in [-0.05, 0) is 0 Å². The standard InChI is InChI=1S/C10H15O.Rh/c1-8(11)10-5-2-9(3-6-10)4-7-10;/h2-7H2,1H3;. The molecule has 0 saturated heterocycles. The molecule has 2 bridgehead atoms. The van der Waals surface area contributed by atoms with Gasteiger partial charge in [0.2, 0.25) is 0 Å². The summed E-state index contributed by atoms with van der Waals surface area (Å²) in [6.07, 6.45) is 7.12. The van der Waals surface area contributed by atoms with E-state index in [-0.39, 0.29) is 5.41 Å². The number of fused-ring (bicyclic) bond motifs is 3. The summed E-state index contributed by atoms with van der Waals surface area (Å²) in [7, 11) is 0. The van der Waals surface area contributed by atoms with Crippen molar-refractivity contribution in [3.05, 3.63) is 0 Å². The van der Waals surface area contributed by atoms with Crippen LogP contribution in [0.5, 0.6) is 0 Å². The van der Waals surface area contributed by atoms with Crippen LogP contribution < -0.4 is 0 Å². The molecule has 0 aromatic carbocycles. The molecule has 0 radical (unpaired) electrons. The fourth-order valence-corrected chi connectivity index (χ4v) is 3.27. The van der Waals surface area contributed by atoms with Gasteiger partial charge in [0.1, 0.15) is 0 Å². The number of carbonyl (C=O) groups excluding carboxylic acids is 1. The molecule has 0 atom stereocenters. The number of Topliss-reactive ketones (excluding diaryl/α,β-unsaturated/α-hetero) is 1. The van der Waals surface area contributed by atoms with Gasteiger partial charge < -0.3 is 0 Å². The van der Waals surface area contributed by atoms with Crippen LogP contribution in [0.2, 0.25) is 4.01 Å². The minimum atomic E-state index is 0.105. The van der Waals surface area contributed by atoms with Crippen molar-refractivity contribution in [2.24, 2.45) is 5.41 Å². The molecule has 1 nitrogen and oxygen atoms in total. The van der Waals surface area contributed by atoms with E-state index in [2.05, 4.69) is 18.3 Å². The van der Waals surface area contributed by atoms with Crippen molar-refractivity contribution in [2.75, 3.05) is 0 Å². The summed E-state index contributed by atoms with van der Waals surface area (Å²) in [5, 5.41) is 0. The third-order valence-corrected chi connectivity index (χ3v) is 5.10. The zero-order valence-corrected chi connectivity index (χ0v) is 9.12. The van der Waals surface area contributed by atoms with Crippen LogP contribution in [0.4, 0.5) is 0 Å². The molecule has 70 valence electrons. The van der Waals surface area contributed by atoms with Crippen molar-refractivity contribution in [2.45, 2.75) is 49.5 Å². The first kappa shape index (κ1) is 8.87. The Bertz CT molecular complexity index is 197. The molecule has 0 unspecified atom stereocenters. The number of carbonyl (C=O) groups is 1. The van der Waals surface area contributed by atoms with E-state index in [9.17, 15) is 4.79 Å². The zero-order valence-electron chi connectivity index (χ0n) is 7.48. The molecule has 3 rings (SSSR count). The molecule has 2 heteroatoms. The molecule has 3 aliphatic carbocycles. The molecule has 0 aromatic heterocycles. The first-order chi connectivity index (χ1) is 5.56. The van der Waals surface area contributed by atoms with Crippen molar-refractivity contribution in [3.63, 3.8) is 0 Å². The van der Waals surface area contributed by atoms with Gasteiger partial charge in [0.25, 0.3) is 0 Å². The number of rotatable bonds is 1. The minimum absolute atomic E-state index is 0.105. The predicted octanol–water partition coefficient (Wildman–Crippen LogP) is 2.64. The molecule has 0 aromatic rings. The fraction of sp³-hybridized carbons (Fsp3) is 0.900. The summed E-state index contributed by atoms with van der Waals surface area (Å²) >= 11 is 3.21. The maximum absolute atomic E-state index is 11.5. The molecule has 0 heterocycles. The molecule has 3 saturated carbocycles. The normalized spacial score (nSPS) is 46.2.